The average Bonchev–Trinajstić information content (AvgIpc) is 2.88. The molecule has 2 aromatic heterocycles. The second-order valence-corrected chi connectivity index (χ2v) is 4.77. The number of rotatable bonds is 3. The summed E-state index contributed by atoms with van der Waals surface area (Å²) in [6.45, 7) is 0. The van der Waals surface area contributed by atoms with Crippen LogP contribution in [0.1, 0.15) is 15.3 Å². The minimum atomic E-state index is 0.190. The highest BCUT2D eigenvalue weighted by molar-refractivity contribution is 9.09. The second-order valence-electron chi connectivity index (χ2n) is 2.78. The van der Waals surface area contributed by atoms with Gasteiger partial charge in [0.15, 0.2) is 5.06 Å². The highest BCUT2D eigenvalue weighted by Crippen LogP contribution is 2.37. The molecule has 14 heavy (non-hydrogen) atoms. The van der Waals surface area contributed by atoms with E-state index in [1.54, 1.807) is 31.0 Å². The Bertz CT molecular complexity index is 394. The highest BCUT2D eigenvalue weighted by atomic mass is 79.9. The van der Waals surface area contributed by atoms with E-state index in [1.807, 2.05) is 12.1 Å². The highest BCUT2D eigenvalue weighted by Gasteiger charge is 2.13. The molecule has 0 aromatic carbocycles. The van der Waals surface area contributed by atoms with Gasteiger partial charge in [-0.3, -0.25) is 0 Å². The van der Waals surface area contributed by atoms with Gasteiger partial charge in [-0.05, 0) is 18.2 Å². The lowest BCUT2D eigenvalue weighted by atomic mass is 10.2. The van der Waals surface area contributed by atoms with Crippen molar-refractivity contribution in [3.05, 3.63) is 41.2 Å². The van der Waals surface area contributed by atoms with Gasteiger partial charge < -0.3 is 9.15 Å². The van der Waals surface area contributed by atoms with Crippen LogP contribution in [-0.2, 0) is 0 Å². The number of ether oxygens (including phenoxy) is 1. The molecule has 1 unspecified atom stereocenters. The van der Waals surface area contributed by atoms with Crippen LogP contribution in [0, 0.1) is 0 Å². The van der Waals surface area contributed by atoms with Crippen LogP contribution >= 0.6 is 27.3 Å². The van der Waals surface area contributed by atoms with Crippen LogP contribution in [0.5, 0.6) is 5.06 Å². The van der Waals surface area contributed by atoms with Crippen LogP contribution in [0.25, 0.3) is 0 Å². The van der Waals surface area contributed by atoms with E-state index >= 15 is 0 Å². The predicted octanol–water partition coefficient (Wildman–Crippen LogP) is 3.83. The summed E-state index contributed by atoms with van der Waals surface area (Å²) in [6.07, 6.45) is 3.42. The number of furan rings is 1. The summed E-state index contributed by atoms with van der Waals surface area (Å²) in [5, 5.41) is 0.924. The molecule has 0 aliphatic rings. The van der Waals surface area contributed by atoms with Crippen LogP contribution in [0.4, 0.5) is 0 Å². The summed E-state index contributed by atoms with van der Waals surface area (Å²) in [5.41, 5.74) is 1.12. The van der Waals surface area contributed by atoms with Gasteiger partial charge in [0, 0.05) is 10.4 Å². The van der Waals surface area contributed by atoms with E-state index in [9.17, 15) is 0 Å². The van der Waals surface area contributed by atoms with Crippen molar-refractivity contribution in [1.82, 2.24) is 0 Å². The van der Waals surface area contributed by atoms with Crippen molar-refractivity contribution < 1.29 is 9.15 Å². The van der Waals surface area contributed by atoms with E-state index in [0.29, 0.717) is 0 Å². The first-order chi connectivity index (χ1) is 6.81. The van der Waals surface area contributed by atoms with Crippen LogP contribution < -0.4 is 4.74 Å². The lowest BCUT2D eigenvalue weighted by molar-refractivity contribution is 0.427. The summed E-state index contributed by atoms with van der Waals surface area (Å²) in [4.78, 5) is 1.40. The molecule has 0 bridgehead atoms. The predicted molar refractivity (Wildman–Crippen MR) is 60.3 cm³/mol. The Morgan fingerprint density at radius 2 is 2.29 bits per heavy atom. The van der Waals surface area contributed by atoms with E-state index in [2.05, 4.69) is 22.0 Å². The van der Waals surface area contributed by atoms with Crippen molar-refractivity contribution >= 4 is 27.3 Å². The minimum absolute atomic E-state index is 0.190. The zero-order chi connectivity index (χ0) is 9.97. The van der Waals surface area contributed by atoms with E-state index in [4.69, 9.17) is 9.15 Å². The number of hydrogen-bond acceptors (Lipinski definition) is 3. The van der Waals surface area contributed by atoms with E-state index in [-0.39, 0.29) is 4.83 Å². The van der Waals surface area contributed by atoms with Crippen molar-refractivity contribution in [3.8, 4) is 5.06 Å². The summed E-state index contributed by atoms with van der Waals surface area (Å²) in [7, 11) is 1.68. The van der Waals surface area contributed by atoms with Crippen molar-refractivity contribution in [1.29, 1.82) is 0 Å². The second kappa shape index (κ2) is 4.19. The Morgan fingerprint density at radius 3 is 2.86 bits per heavy atom. The van der Waals surface area contributed by atoms with Crippen LogP contribution in [-0.4, -0.2) is 7.11 Å². The van der Waals surface area contributed by atoms with Crippen molar-refractivity contribution in [2.45, 2.75) is 4.83 Å². The molecule has 2 heterocycles. The first kappa shape index (κ1) is 9.80. The maximum Gasteiger partial charge on any atom is 0.173 e. The molecule has 0 radical (unpaired) electrons. The van der Waals surface area contributed by atoms with Gasteiger partial charge >= 0.3 is 0 Å². The standard InChI is InChI=1S/C10H9BrO2S/c1-12-9-3-2-8(14-9)10(11)7-4-5-13-6-7/h2-6,10H,1H3. The molecular weight excluding hydrogens is 264 g/mol. The van der Waals surface area contributed by atoms with Gasteiger partial charge in [-0.2, -0.15) is 0 Å². The molecule has 0 aliphatic carbocycles. The summed E-state index contributed by atoms with van der Waals surface area (Å²) in [6, 6.07) is 5.97. The third-order valence-electron chi connectivity index (χ3n) is 1.89. The SMILES string of the molecule is COc1ccc(C(Br)c2ccoc2)s1. The molecular formula is C10H9BrO2S. The molecule has 0 amide bonds. The maximum absolute atomic E-state index is 5.14. The molecule has 0 saturated heterocycles. The molecule has 4 heteroatoms. The van der Waals surface area contributed by atoms with Gasteiger partial charge in [-0.15, -0.1) is 11.3 Å². The number of hydrogen-bond donors (Lipinski definition) is 0. The molecule has 0 saturated carbocycles. The topological polar surface area (TPSA) is 22.4 Å². The van der Waals surface area contributed by atoms with E-state index in [0.717, 1.165) is 10.6 Å². The largest absolute Gasteiger partial charge is 0.487 e. The van der Waals surface area contributed by atoms with Gasteiger partial charge in [0.1, 0.15) is 0 Å². The van der Waals surface area contributed by atoms with Gasteiger partial charge in [0.25, 0.3) is 0 Å². The molecule has 74 valence electrons. The lowest BCUT2D eigenvalue weighted by Gasteiger charge is -2.02. The molecule has 2 rings (SSSR count). The first-order valence-electron chi connectivity index (χ1n) is 4.11. The van der Waals surface area contributed by atoms with Crippen LogP contribution in [0.2, 0.25) is 0 Å². The lowest BCUT2D eigenvalue weighted by Crippen LogP contribution is -1.84. The zero-order valence-electron chi connectivity index (χ0n) is 7.57. The number of methoxy groups -OCH3 is 1. The normalized spacial score (nSPS) is 12.7. The van der Waals surface area contributed by atoms with Crippen LogP contribution in [0.3, 0.4) is 0 Å². The van der Waals surface area contributed by atoms with Gasteiger partial charge in [-0.1, -0.05) is 15.9 Å². The summed E-state index contributed by atoms with van der Waals surface area (Å²) >= 11 is 5.24. The average molecular weight is 273 g/mol. The van der Waals surface area contributed by atoms with Crippen LogP contribution in [0.15, 0.2) is 35.1 Å². The molecule has 2 aromatic rings. The Hall–Kier alpha value is -0.740. The fourth-order valence-electron chi connectivity index (χ4n) is 1.16. The molecule has 2 nitrogen and oxygen atoms in total. The smallest absolute Gasteiger partial charge is 0.173 e. The van der Waals surface area contributed by atoms with Crippen molar-refractivity contribution in [2.24, 2.45) is 0 Å². The summed E-state index contributed by atoms with van der Waals surface area (Å²) < 4.78 is 10.2. The molecule has 0 fully saturated rings. The van der Waals surface area contributed by atoms with Crippen molar-refractivity contribution in [3.63, 3.8) is 0 Å². The first-order valence-corrected chi connectivity index (χ1v) is 5.84. The van der Waals surface area contributed by atoms with Crippen molar-refractivity contribution in [2.75, 3.05) is 7.11 Å². The van der Waals surface area contributed by atoms with Gasteiger partial charge in [0.2, 0.25) is 0 Å². The van der Waals surface area contributed by atoms with E-state index in [1.165, 1.54) is 4.88 Å². The number of alkyl halides is 1. The zero-order valence-corrected chi connectivity index (χ0v) is 9.97. The van der Waals surface area contributed by atoms with Gasteiger partial charge in [-0.25, -0.2) is 0 Å². The minimum Gasteiger partial charge on any atom is -0.487 e. The third kappa shape index (κ3) is 1.86. The fourth-order valence-corrected chi connectivity index (χ4v) is 2.68. The summed E-state index contributed by atoms with van der Waals surface area (Å²) in [5.74, 6) is 0. The third-order valence-corrected chi connectivity index (χ3v) is 4.33. The molecule has 1 atom stereocenters. The monoisotopic (exact) mass is 272 g/mol. The quantitative estimate of drug-likeness (QED) is 0.793. The molecule has 0 aliphatic heterocycles. The Kier molecular flexibility index (Phi) is 2.93. The number of thiophene rings is 1. The number of halogens is 1. The van der Waals surface area contributed by atoms with Gasteiger partial charge in [0.05, 0.1) is 24.5 Å². The Morgan fingerprint density at radius 1 is 1.43 bits per heavy atom. The van der Waals surface area contributed by atoms with E-state index < -0.39 is 0 Å². The molecule has 0 N–H and O–H groups in total. The molecule has 0 spiro atoms. The Balaban J connectivity index is 2.23. The maximum atomic E-state index is 5.14. The fraction of sp³-hybridized carbons (Fsp3) is 0.200. The Labute approximate surface area is 94.6 Å².